The van der Waals surface area contributed by atoms with Gasteiger partial charge in [0.25, 0.3) is 0 Å². The Morgan fingerprint density at radius 2 is 1.41 bits per heavy atom. The van der Waals surface area contributed by atoms with Gasteiger partial charge in [0, 0.05) is 31.0 Å². The van der Waals surface area contributed by atoms with E-state index in [4.69, 9.17) is 34.7 Å². The van der Waals surface area contributed by atoms with Crippen molar-refractivity contribution in [3.05, 3.63) is 82.3 Å². The molecule has 0 aliphatic carbocycles. The zero-order chi connectivity index (χ0) is 20.6. The molecule has 5 N–H and O–H groups in total. The van der Waals surface area contributed by atoms with Crippen LogP contribution >= 0.6 is 23.2 Å². The van der Waals surface area contributed by atoms with Gasteiger partial charge < -0.3 is 21.7 Å². The van der Waals surface area contributed by atoms with Crippen LogP contribution in [0.25, 0.3) is 0 Å². The maximum atomic E-state index is 6.09. The molecule has 1 aliphatic rings. The number of nitrogen functional groups attached to an aromatic ring is 2. The van der Waals surface area contributed by atoms with Crippen molar-refractivity contribution in [1.29, 1.82) is 0 Å². The number of nitrogens with one attached hydrogen (secondary N) is 1. The Balaban J connectivity index is 0.000000169. The van der Waals surface area contributed by atoms with E-state index in [0.717, 1.165) is 41.7 Å². The molecule has 0 bridgehead atoms. The number of nitrogens with two attached hydrogens (primary N) is 2. The third-order valence-corrected chi connectivity index (χ3v) is 5.35. The van der Waals surface area contributed by atoms with E-state index in [0.29, 0.717) is 10.7 Å². The van der Waals surface area contributed by atoms with Crippen molar-refractivity contribution in [1.82, 2.24) is 0 Å². The zero-order valence-electron chi connectivity index (χ0n) is 16.2. The van der Waals surface area contributed by atoms with E-state index in [-0.39, 0.29) is 0 Å². The molecule has 29 heavy (non-hydrogen) atoms. The van der Waals surface area contributed by atoms with Crippen LogP contribution in [0.2, 0.25) is 10.0 Å². The quantitative estimate of drug-likeness (QED) is 0.441. The molecule has 0 atom stereocenters. The minimum absolute atomic E-state index is 0.649. The normalized spacial score (nSPS) is 13.0. The first-order valence-corrected chi connectivity index (χ1v) is 10.4. The summed E-state index contributed by atoms with van der Waals surface area (Å²) in [6.07, 6.45) is 2.53. The lowest BCUT2D eigenvalue weighted by Gasteiger charge is -2.18. The lowest BCUT2D eigenvalue weighted by atomic mass is 10.2. The van der Waals surface area contributed by atoms with Crippen LogP contribution in [0.4, 0.5) is 22.7 Å². The summed E-state index contributed by atoms with van der Waals surface area (Å²) in [4.78, 5) is 2.31. The van der Waals surface area contributed by atoms with Crippen LogP contribution in [0.3, 0.4) is 0 Å². The average Bonchev–Trinajstić information content (AvgIpc) is 3.23. The Morgan fingerprint density at radius 3 is 2.03 bits per heavy atom. The molecule has 0 amide bonds. The van der Waals surface area contributed by atoms with Crippen molar-refractivity contribution >= 4 is 46.0 Å². The monoisotopic (exact) mass is 428 g/mol. The molecule has 6 heteroatoms. The molecule has 0 saturated carbocycles. The molecule has 1 saturated heterocycles. The maximum Gasteiger partial charge on any atom is 0.0660 e. The molecule has 0 unspecified atom stereocenters. The molecule has 4 nitrogen and oxygen atoms in total. The Hall–Kier alpha value is -2.56. The van der Waals surface area contributed by atoms with Gasteiger partial charge in [-0.1, -0.05) is 53.5 Å². The van der Waals surface area contributed by atoms with Crippen LogP contribution in [-0.2, 0) is 6.54 Å². The highest BCUT2D eigenvalue weighted by Crippen LogP contribution is 2.30. The summed E-state index contributed by atoms with van der Waals surface area (Å²) in [5.74, 6) is 0. The molecule has 0 aromatic heterocycles. The topological polar surface area (TPSA) is 67.3 Å². The van der Waals surface area contributed by atoms with Gasteiger partial charge in [0.1, 0.15) is 0 Å². The van der Waals surface area contributed by atoms with Crippen LogP contribution in [-0.4, -0.2) is 13.1 Å². The van der Waals surface area contributed by atoms with Gasteiger partial charge in [0.05, 0.1) is 21.4 Å². The fourth-order valence-electron chi connectivity index (χ4n) is 3.21. The van der Waals surface area contributed by atoms with Crippen LogP contribution in [0.5, 0.6) is 0 Å². The molecule has 0 radical (unpaired) electrons. The number of anilines is 4. The number of nitrogens with zero attached hydrogens (tertiary/aromatic N) is 1. The Morgan fingerprint density at radius 1 is 0.793 bits per heavy atom. The highest BCUT2D eigenvalue weighted by atomic mass is 35.5. The largest absolute Gasteiger partial charge is 0.399 e. The lowest BCUT2D eigenvalue weighted by molar-refractivity contribution is 0.949. The van der Waals surface area contributed by atoms with Crippen LogP contribution in [0, 0.1) is 0 Å². The molecule has 3 aromatic rings. The number of rotatable bonds is 4. The van der Waals surface area contributed by atoms with Gasteiger partial charge in [0.15, 0.2) is 0 Å². The summed E-state index contributed by atoms with van der Waals surface area (Å²) < 4.78 is 0. The van der Waals surface area contributed by atoms with E-state index >= 15 is 0 Å². The fourth-order valence-corrected chi connectivity index (χ4v) is 3.77. The molecular weight excluding hydrogens is 403 g/mol. The van der Waals surface area contributed by atoms with Crippen molar-refractivity contribution in [3.8, 4) is 0 Å². The second-order valence-corrected chi connectivity index (χ2v) is 7.80. The predicted molar refractivity (Wildman–Crippen MR) is 127 cm³/mol. The van der Waals surface area contributed by atoms with E-state index in [1.165, 1.54) is 18.4 Å². The summed E-state index contributed by atoms with van der Waals surface area (Å²) in [7, 11) is 0. The molecule has 1 fully saturated rings. The molecule has 1 aliphatic heterocycles. The molecule has 1 heterocycles. The highest BCUT2D eigenvalue weighted by Gasteiger charge is 2.14. The smallest absolute Gasteiger partial charge is 0.0660 e. The third-order valence-electron chi connectivity index (χ3n) is 4.74. The van der Waals surface area contributed by atoms with E-state index in [2.05, 4.69) is 22.3 Å². The van der Waals surface area contributed by atoms with Gasteiger partial charge in [-0.2, -0.15) is 0 Å². The highest BCUT2D eigenvalue weighted by molar-refractivity contribution is 6.33. The van der Waals surface area contributed by atoms with Crippen molar-refractivity contribution in [2.75, 3.05) is 34.8 Å². The Kier molecular flexibility index (Phi) is 7.50. The Bertz CT molecular complexity index is 925. The minimum atomic E-state index is 0.649. The third kappa shape index (κ3) is 6.21. The number of hydrogen-bond acceptors (Lipinski definition) is 4. The molecule has 4 rings (SSSR count). The summed E-state index contributed by atoms with van der Waals surface area (Å²) in [6, 6.07) is 21.4. The Labute approximate surface area is 182 Å². The number of halogens is 2. The maximum absolute atomic E-state index is 6.09. The summed E-state index contributed by atoms with van der Waals surface area (Å²) >= 11 is 12.1. The van der Waals surface area contributed by atoms with Crippen LogP contribution < -0.4 is 21.7 Å². The number of hydrogen-bond donors (Lipinski definition) is 3. The molecule has 152 valence electrons. The predicted octanol–water partition coefficient (Wildman–Crippen LogP) is 6.06. The first kappa shape index (κ1) is 21.2. The van der Waals surface area contributed by atoms with E-state index in [1.807, 2.05) is 48.5 Å². The van der Waals surface area contributed by atoms with E-state index in [1.54, 1.807) is 6.07 Å². The summed E-state index contributed by atoms with van der Waals surface area (Å²) in [6.45, 7) is 2.98. The first-order valence-electron chi connectivity index (χ1n) is 9.66. The summed E-state index contributed by atoms with van der Waals surface area (Å²) in [5, 5.41) is 4.68. The van der Waals surface area contributed by atoms with Gasteiger partial charge in [-0.15, -0.1) is 0 Å². The van der Waals surface area contributed by atoms with Crippen molar-refractivity contribution in [2.45, 2.75) is 19.4 Å². The first-order chi connectivity index (χ1) is 14.0. The van der Waals surface area contributed by atoms with Gasteiger partial charge in [-0.05, 0) is 54.8 Å². The molecular formula is C23H26Cl2N4. The van der Waals surface area contributed by atoms with Crippen LogP contribution in [0.1, 0.15) is 18.4 Å². The van der Waals surface area contributed by atoms with Gasteiger partial charge in [0.2, 0.25) is 0 Å². The van der Waals surface area contributed by atoms with Gasteiger partial charge in [-0.3, -0.25) is 0 Å². The fraction of sp³-hybridized carbons (Fsp3) is 0.217. The average molecular weight is 429 g/mol. The van der Waals surface area contributed by atoms with Crippen LogP contribution in [0.15, 0.2) is 66.7 Å². The SMILES string of the molecule is Nc1ccc(N2CCCC2)c(Cl)c1.Nc1ccc(NCc2ccccc2)c(Cl)c1. The molecule has 3 aromatic carbocycles. The summed E-state index contributed by atoms with van der Waals surface area (Å²) in [5.41, 5.74) is 15.9. The van der Waals surface area contributed by atoms with E-state index in [9.17, 15) is 0 Å². The number of benzene rings is 3. The standard InChI is InChI=1S/C13H13ClN2.C10H13ClN2/c14-12-8-11(15)6-7-13(12)16-9-10-4-2-1-3-5-10;11-9-7-8(12)3-4-10(9)13-5-1-2-6-13/h1-8,16H,9,15H2;3-4,7H,1-2,5-6,12H2. The van der Waals surface area contributed by atoms with E-state index < -0.39 is 0 Å². The molecule has 0 spiro atoms. The zero-order valence-corrected chi connectivity index (χ0v) is 17.8. The van der Waals surface area contributed by atoms with Crippen molar-refractivity contribution < 1.29 is 0 Å². The minimum Gasteiger partial charge on any atom is -0.399 e. The van der Waals surface area contributed by atoms with Gasteiger partial charge >= 0.3 is 0 Å². The van der Waals surface area contributed by atoms with Crippen molar-refractivity contribution in [3.63, 3.8) is 0 Å². The van der Waals surface area contributed by atoms with Gasteiger partial charge in [-0.25, -0.2) is 0 Å². The lowest BCUT2D eigenvalue weighted by Crippen LogP contribution is -2.17. The van der Waals surface area contributed by atoms with Crippen molar-refractivity contribution in [2.24, 2.45) is 0 Å². The second-order valence-electron chi connectivity index (χ2n) is 6.98. The second kappa shape index (κ2) is 10.3.